The quantitative estimate of drug-likeness (QED) is 0.459. The summed E-state index contributed by atoms with van der Waals surface area (Å²) in [5.41, 5.74) is 0. The summed E-state index contributed by atoms with van der Waals surface area (Å²) in [6, 6.07) is 0. The molecular weight excluding hydrogens is 146 g/mol. The predicted molar refractivity (Wildman–Crippen MR) is 43.5 cm³/mol. The first kappa shape index (κ1) is 7.86. The van der Waals surface area contributed by atoms with E-state index in [-0.39, 0.29) is 0 Å². The van der Waals surface area contributed by atoms with E-state index in [1.54, 1.807) is 0 Å². The molecule has 1 rings (SSSR count). The second-order valence-corrected chi connectivity index (χ2v) is 2.58. The van der Waals surface area contributed by atoms with Crippen LogP contribution in [-0.2, 0) is 4.74 Å². The van der Waals surface area contributed by atoms with Gasteiger partial charge in [0.2, 0.25) is 0 Å². The minimum absolute atomic E-state index is 0.437. The summed E-state index contributed by atoms with van der Waals surface area (Å²) in [7, 11) is 0. The van der Waals surface area contributed by atoms with Crippen molar-refractivity contribution in [1.82, 2.24) is 0 Å². The second-order valence-electron chi connectivity index (χ2n) is 2.40. The molecule has 0 aromatic carbocycles. The Balaban J connectivity index is 2.06. The molecule has 0 spiro atoms. The lowest BCUT2D eigenvalue weighted by Crippen LogP contribution is -2.05. The lowest BCUT2D eigenvalue weighted by atomic mass is 10.2. The molecule has 0 N–H and O–H groups in total. The Kier molecular flexibility index (Phi) is 3.58. The van der Waals surface area contributed by atoms with Crippen molar-refractivity contribution < 1.29 is 4.74 Å². The van der Waals surface area contributed by atoms with E-state index in [9.17, 15) is 0 Å². The van der Waals surface area contributed by atoms with Crippen LogP contribution in [0.15, 0.2) is 4.99 Å². The third-order valence-corrected chi connectivity index (χ3v) is 1.78. The van der Waals surface area contributed by atoms with Gasteiger partial charge in [-0.25, -0.2) is 4.99 Å². The zero-order valence-corrected chi connectivity index (χ0v) is 6.69. The maximum atomic E-state index is 5.38. The number of hydrogen-bond donors (Lipinski definition) is 0. The molecule has 10 heavy (non-hydrogen) atoms. The second kappa shape index (κ2) is 4.56. The van der Waals surface area contributed by atoms with Crippen LogP contribution in [0.3, 0.4) is 0 Å². The fraction of sp³-hybridized carbons (Fsp3) is 0.857. The molecule has 0 saturated carbocycles. The zero-order chi connectivity index (χ0) is 7.23. The normalized spacial score (nSPS) is 24.2. The fourth-order valence-corrected chi connectivity index (χ4v) is 1.22. The Hall–Kier alpha value is -0.240. The number of rotatable bonds is 3. The van der Waals surface area contributed by atoms with E-state index in [4.69, 9.17) is 4.74 Å². The molecule has 3 heteroatoms. The van der Waals surface area contributed by atoms with Crippen molar-refractivity contribution in [3.63, 3.8) is 0 Å². The zero-order valence-electron chi connectivity index (χ0n) is 5.88. The Bertz CT molecular complexity index is 137. The summed E-state index contributed by atoms with van der Waals surface area (Å²) in [6.07, 6.45) is 3.83. The van der Waals surface area contributed by atoms with Crippen molar-refractivity contribution in [3.8, 4) is 0 Å². The average Bonchev–Trinajstić information content (AvgIpc) is 2.41. The Morgan fingerprint density at radius 1 is 1.70 bits per heavy atom. The molecule has 0 radical (unpaired) electrons. The number of isothiocyanates is 1. The summed E-state index contributed by atoms with van der Waals surface area (Å²) in [5, 5.41) is 2.34. The van der Waals surface area contributed by atoms with E-state index in [0.29, 0.717) is 6.10 Å². The first-order valence-corrected chi connectivity index (χ1v) is 3.99. The van der Waals surface area contributed by atoms with Gasteiger partial charge >= 0.3 is 0 Å². The molecular formula is C7H11NOS. The number of thiocarbonyl (C=S) groups is 1. The highest BCUT2D eigenvalue weighted by Gasteiger charge is 2.13. The molecule has 0 aromatic rings. The van der Waals surface area contributed by atoms with Gasteiger partial charge in [-0.15, -0.1) is 0 Å². The van der Waals surface area contributed by atoms with Gasteiger partial charge < -0.3 is 4.74 Å². The molecule has 0 bridgehead atoms. The molecule has 0 aromatic heterocycles. The van der Waals surface area contributed by atoms with E-state index in [1.165, 1.54) is 12.8 Å². The SMILES string of the molecule is S=C=NCCC1CCCO1. The molecule has 1 unspecified atom stereocenters. The first-order valence-electron chi connectivity index (χ1n) is 3.58. The lowest BCUT2D eigenvalue weighted by Gasteiger charge is -2.04. The molecule has 1 aliphatic heterocycles. The number of hydrogen-bond acceptors (Lipinski definition) is 3. The predicted octanol–water partition coefficient (Wildman–Crippen LogP) is 1.66. The van der Waals surface area contributed by atoms with Gasteiger partial charge in [-0.2, -0.15) is 0 Å². The maximum Gasteiger partial charge on any atom is 0.0593 e. The van der Waals surface area contributed by atoms with Crippen LogP contribution in [-0.4, -0.2) is 24.4 Å². The van der Waals surface area contributed by atoms with Crippen LogP contribution in [0.25, 0.3) is 0 Å². The summed E-state index contributed by atoms with van der Waals surface area (Å²) in [5.74, 6) is 0. The number of nitrogens with zero attached hydrogens (tertiary/aromatic N) is 1. The van der Waals surface area contributed by atoms with Crippen LogP contribution in [0.1, 0.15) is 19.3 Å². The fourth-order valence-electron chi connectivity index (χ4n) is 1.13. The van der Waals surface area contributed by atoms with Crippen LogP contribution in [0, 0.1) is 0 Å². The highest BCUT2D eigenvalue weighted by molar-refractivity contribution is 7.78. The van der Waals surface area contributed by atoms with Gasteiger partial charge in [0.05, 0.1) is 17.8 Å². The molecule has 56 valence electrons. The van der Waals surface area contributed by atoms with Crippen molar-refractivity contribution in [3.05, 3.63) is 0 Å². The van der Waals surface area contributed by atoms with Crippen LogP contribution in [0.5, 0.6) is 0 Å². The van der Waals surface area contributed by atoms with Crippen molar-refractivity contribution in [2.45, 2.75) is 25.4 Å². The molecule has 1 aliphatic rings. The van der Waals surface area contributed by atoms with Crippen molar-refractivity contribution in [2.75, 3.05) is 13.2 Å². The highest BCUT2D eigenvalue weighted by Crippen LogP contribution is 2.14. The summed E-state index contributed by atoms with van der Waals surface area (Å²) >= 11 is 4.43. The van der Waals surface area contributed by atoms with Crippen molar-refractivity contribution >= 4 is 17.4 Å². The highest BCUT2D eigenvalue weighted by atomic mass is 32.1. The summed E-state index contributed by atoms with van der Waals surface area (Å²) in [6.45, 7) is 1.69. The summed E-state index contributed by atoms with van der Waals surface area (Å²) < 4.78 is 5.38. The third-order valence-electron chi connectivity index (χ3n) is 1.65. The van der Waals surface area contributed by atoms with E-state index in [2.05, 4.69) is 22.4 Å². The molecule has 2 nitrogen and oxygen atoms in total. The molecule has 1 atom stereocenters. The lowest BCUT2D eigenvalue weighted by molar-refractivity contribution is 0.106. The van der Waals surface area contributed by atoms with Gasteiger partial charge in [0.1, 0.15) is 0 Å². The van der Waals surface area contributed by atoms with E-state index >= 15 is 0 Å². The van der Waals surface area contributed by atoms with Gasteiger partial charge in [-0.1, -0.05) is 0 Å². The van der Waals surface area contributed by atoms with E-state index in [1.807, 2.05) is 0 Å². The third kappa shape index (κ3) is 2.56. The van der Waals surface area contributed by atoms with Gasteiger partial charge in [0.15, 0.2) is 0 Å². The molecule has 1 fully saturated rings. The maximum absolute atomic E-state index is 5.38. The van der Waals surface area contributed by atoms with Gasteiger partial charge in [0.25, 0.3) is 0 Å². The smallest absolute Gasteiger partial charge is 0.0593 e. The van der Waals surface area contributed by atoms with Crippen molar-refractivity contribution in [1.29, 1.82) is 0 Å². The molecule has 0 aliphatic carbocycles. The van der Waals surface area contributed by atoms with Crippen LogP contribution in [0.2, 0.25) is 0 Å². The minimum atomic E-state index is 0.437. The van der Waals surface area contributed by atoms with Crippen LogP contribution < -0.4 is 0 Å². The number of ether oxygens (including phenoxy) is 1. The molecule has 1 heterocycles. The Labute approximate surface area is 66.3 Å². The Morgan fingerprint density at radius 3 is 3.20 bits per heavy atom. The average molecular weight is 157 g/mol. The van der Waals surface area contributed by atoms with E-state index in [0.717, 1.165) is 19.6 Å². The van der Waals surface area contributed by atoms with Gasteiger partial charge in [0, 0.05) is 6.61 Å². The Morgan fingerprint density at radius 2 is 2.60 bits per heavy atom. The largest absolute Gasteiger partial charge is 0.378 e. The number of aliphatic imine (C=N–C) groups is 1. The van der Waals surface area contributed by atoms with Crippen LogP contribution >= 0.6 is 12.2 Å². The monoisotopic (exact) mass is 157 g/mol. The van der Waals surface area contributed by atoms with E-state index < -0.39 is 0 Å². The van der Waals surface area contributed by atoms with Crippen molar-refractivity contribution in [2.24, 2.45) is 4.99 Å². The standard InChI is InChI=1S/C7H11NOS/c10-6-8-4-3-7-2-1-5-9-7/h7H,1-5H2. The van der Waals surface area contributed by atoms with Gasteiger partial charge in [-0.05, 0) is 31.5 Å². The molecule has 0 amide bonds. The van der Waals surface area contributed by atoms with Crippen LogP contribution in [0.4, 0.5) is 0 Å². The topological polar surface area (TPSA) is 21.6 Å². The van der Waals surface area contributed by atoms with Gasteiger partial charge in [-0.3, -0.25) is 0 Å². The molecule has 1 saturated heterocycles. The first-order chi connectivity index (χ1) is 4.93. The minimum Gasteiger partial charge on any atom is -0.378 e. The summed E-state index contributed by atoms with van der Waals surface area (Å²) in [4.78, 5) is 3.82.